The summed E-state index contributed by atoms with van der Waals surface area (Å²) < 4.78 is 39.3. The first kappa shape index (κ1) is 67.9. The highest BCUT2D eigenvalue weighted by atomic mass is 32.1. The van der Waals surface area contributed by atoms with Crippen molar-refractivity contribution in [2.75, 3.05) is 94.6 Å². The first-order chi connectivity index (χ1) is 44.4. The SMILES string of the molecule is CCOC(=O)N(CCCCCCOP(OC/C=N/C)N(C(C)C)C(C)C)C(=O)c1cc2c3c(ccc2n1C(=O)OCC)N(C(=O)c1cc2c4c(ccc2n1C(=O)OCC)N(C(=O)c1ccc2nc(/N=N/c5ccc(N(C)CCCOC(C)=O)cc5)sc2c1)CC4)CC3. The fourth-order valence-corrected chi connectivity index (χ4v) is 14.0. The minimum Gasteiger partial charge on any atom is -0.466 e. The van der Waals surface area contributed by atoms with Crippen molar-refractivity contribution >= 4 is 128 Å². The molecule has 3 aromatic heterocycles. The molecule has 92 heavy (non-hydrogen) atoms. The van der Waals surface area contributed by atoms with Crippen LogP contribution in [-0.2, 0) is 45.6 Å². The zero-order chi connectivity index (χ0) is 65.8. The molecular weight excluding hydrogens is 1220 g/mol. The summed E-state index contributed by atoms with van der Waals surface area (Å²) in [6, 6.07) is 23.4. The summed E-state index contributed by atoms with van der Waals surface area (Å²) >= 11 is 1.31. The van der Waals surface area contributed by atoms with Crippen molar-refractivity contribution in [1.29, 1.82) is 0 Å². The van der Waals surface area contributed by atoms with Gasteiger partial charge in [-0.2, -0.15) is 0 Å². The number of azo groups is 1. The van der Waals surface area contributed by atoms with Crippen LogP contribution in [-0.4, -0.2) is 164 Å². The Hall–Kier alpha value is -8.48. The fraction of sp³-hybridized carbons (Fsp3) is 0.439. The number of hydrogen-bond acceptors (Lipinski definition) is 20. The van der Waals surface area contributed by atoms with Crippen LogP contribution in [0.2, 0.25) is 0 Å². The number of aliphatic imine (C=N–C) groups is 1. The van der Waals surface area contributed by atoms with Crippen LogP contribution in [0.4, 0.5) is 42.3 Å². The molecule has 2 aliphatic rings. The van der Waals surface area contributed by atoms with Gasteiger partial charge in [0.1, 0.15) is 11.4 Å². The zero-order valence-electron chi connectivity index (χ0n) is 53.8. The van der Waals surface area contributed by atoms with Crippen LogP contribution < -0.4 is 14.7 Å². The van der Waals surface area contributed by atoms with Crippen LogP contribution in [0.25, 0.3) is 32.0 Å². The highest BCUT2D eigenvalue weighted by Gasteiger charge is 2.37. The van der Waals surface area contributed by atoms with E-state index in [-0.39, 0.29) is 68.3 Å². The minimum atomic E-state index is -1.33. The Bertz CT molecular complexity index is 3910. The van der Waals surface area contributed by atoms with E-state index in [0.29, 0.717) is 132 Å². The van der Waals surface area contributed by atoms with Gasteiger partial charge < -0.3 is 42.7 Å². The second-order valence-corrected chi connectivity index (χ2v) is 25.0. The molecule has 26 heteroatoms. The Morgan fingerprint density at radius 2 is 1.27 bits per heavy atom. The van der Waals surface area contributed by atoms with E-state index >= 15 is 4.79 Å². The molecule has 0 saturated heterocycles. The Labute approximate surface area is 540 Å². The van der Waals surface area contributed by atoms with Gasteiger partial charge in [-0.05, 0) is 171 Å². The van der Waals surface area contributed by atoms with E-state index in [9.17, 15) is 28.8 Å². The number of amides is 4. The van der Waals surface area contributed by atoms with Gasteiger partial charge in [0, 0.05) is 98.9 Å². The molecule has 0 fully saturated rings. The van der Waals surface area contributed by atoms with Gasteiger partial charge in [0.2, 0.25) is 5.13 Å². The molecule has 1 unspecified atom stereocenters. The number of ether oxygens (including phenoxy) is 4. The summed E-state index contributed by atoms with van der Waals surface area (Å²) in [7, 11) is 2.33. The lowest BCUT2D eigenvalue weighted by atomic mass is 10.1. The first-order valence-electron chi connectivity index (χ1n) is 31.2. The Kier molecular flexibility index (Phi) is 23.0. The molecule has 0 saturated carbocycles. The van der Waals surface area contributed by atoms with Gasteiger partial charge in [-0.15, -0.1) is 10.2 Å². The van der Waals surface area contributed by atoms with Gasteiger partial charge >= 0.3 is 24.2 Å². The maximum absolute atomic E-state index is 15.1. The number of esters is 1. The fourth-order valence-electron chi connectivity index (χ4n) is 11.6. The molecule has 0 bridgehead atoms. The van der Waals surface area contributed by atoms with Gasteiger partial charge in [0.05, 0.1) is 66.6 Å². The third-order valence-electron chi connectivity index (χ3n) is 15.7. The number of imide groups is 1. The summed E-state index contributed by atoms with van der Waals surface area (Å²) in [4.78, 5) is 112. The molecule has 0 N–H and O–H groups in total. The molecule has 0 radical (unpaired) electrons. The highest BCUT2D eigenvalue weighted by molar-refractivity contribution is 7.44. The molecule has 5 heterocycles. The standard InChI is InChI=1S/C66H80N11O13PS/c1-11-85-64(82)74(33-16-14-15-17-37-89-91(90-38-31-67-9)77(42(4)5)43(6)7)62(81)58-41-51-49-30-35-73(54(49)26-28-56(51)76(58)66(84)87-13-3)61(80)57-40-50-48-29-34-72(53(48)25-27-55(50)75(57)65(83)86-12-2)60(79)45-19-24-52-59(39-45)92-63(68-52)70-69-46-20-22-47(23-21-46)71(10)32-18-36-88-44(8)78/h19-28,31,39-43H,11-18,29-30,32-38H2,1-10H3/b67-31+,70-69+. The van der Waals surface area contributed by atoms with Crippen molar-refractivity contribution in [2.45, 2.75) is 112 Å². The van der Waals surface area contributed by atoms with E-state index in [0.717, 1.165) is 31.8 Å². The van der Waals surface area contributed by atoms with Crippen molar-refractivity contribution in [3.63, 3.8) is 0 Å². The van der Waals surface area contributed by atoms with E-state index in [1.54, 1.807) is 98.4 Å². The lowest BCUT2D eigenvalue weighted by molar-refractivity contribution is -0.141. The predicted molar refractivity (Wildman–Crippen MR) is 356 cm³/mol. The number of rotatable bonds is 27. The molecule has 2 aliphatic heterocycles. The number of fused-ring (bicyclic) bond motifs is 7. The normalized spacial score (nSPS) is 13.4. The van der Waals surface area contributed by atoms with Crippen LogP contribution in [0.15, 0.2) is 94.1 Å². The van der Waals surface area contributed by atoms with Crippen molar-refractivity contribution in [2.24, 2.45) is 15.2 Å². The number of thiazole rings is 1. The van der Waals surface area contributed by atoms with E-state index in [1.165, 1.54) is 22.8 Å². The van der Waals surface area contributed by atoms with E-state index in [1.807, 2.05) is 31.3 Å². The molecule has 24 nitrogen and oxygen atoms in total. The molecule has 7 aromatic rings. The second-order valence-electron chi connectivity index (χ2n) is 22.5. The molecular formula is C66H80N11O13PS. The number of carbonyl (C=O) groups is 7. The van der Waals surface area contributed by atoms with Crippen LogP contribution >= 0.6 is 19.9 Å². The van der Waals surface area contributed by atoms with Crippen molar-refractivity contribution in [3.05, 3.63) is 107 Å². The van der Waals surface area contributed by atoms with Crippen LogP contribution in [0.3, 0.4) is 0 Å². The number of carbonyl (C=O) groups excluding carboxylic acids is 7. The molecule has 0 aliphatic carbocycles. The maximum Gasteiger partial charge on any atom is 0.419 e. The molecule has 1 atom stereocenters. The Morgan fingerprint density at radius 1 is 0.663 bits per heavy atom. The number of hydrogen-bond donors (Lipinski definition) is 0. The van der Waals surface area contributed by atoms with E-state index in [2.05, 4.69) is 57.5 Å². The lowest BCUT2D eigenvalue weighted by Gasteiger charge is -2.35. The van der Waals surface area contributed by atoms with Gasteiger partial charge in [-0.3, -0.25) is 24.2 Å². The summed E-state index contributed by atoms with van der Waals surface area (Å²) in [5, 5.41) is 10.3. The van der Waals surface area contributed by atoms with Crippen LogP contribution in [0, 0.1) is 0 Å². The smallest absolute Gasteiger partial charge is 0.419 e. The number of benzene rings is 4. The number of unbranched alkanes of at least 4 members (excludes halogenated alkanes) is 3. The molecule has 488 valence electrons. The average molecular weight is 1300 g/mol. The summed E-state index contributed by atoms with van der Waals surface area (Å²) in [6.07, 6.45) is 3.29. The number of aromatic nitrogens is 3. The number of anilines is 3. The maximum atomic E-state index is 15.1. The van der Waals surface area contributed by atoms with E-state index < -0.39 is 38.6 Å². The third-order valence-corrected chi connectivity index (χ3v) is 18.7. The Morgan fingerprint density at radius 3 is 1.88 bits per heavy atom. The molecule has 4 aromatic carbocycles. The second kappa shape index (κ2) is 31.2. The molecule has 4 amide bonds. The van der Waals surface area contributed by atoms with Gasteiger partial charge in [-0.1, -0.05) is 24.2 Å². The van der Waals surface area contributed by atoms with Crippen LogP contribution in [0.1, 0.15) is 130 Å². The van der Waals surface area contributed by atoms with Gasteiger partial charge in [0.15, 0.2) is 0 Å². The zero-order valence-corrected chi connectivity index (χ0v) is 55.6. The van der Waals surface area contributed by atoms with Crippen molar-refractivity contribution in [1.82, 2.24) is 23.7 Å². The van der Waals surface area contributed by atoms with Crippen LogP contribution in [0.5, 0.6) is 0 Å². The lowest BCUT2D eigenvalue weighted by Crippen LogP contribution is -2.39. The average Bonchev–Trinajstić information content (AvgIpc) is 1.59. The van der Waals surface area contributed by atoms with Gasteiger partial charge in [-0.25, -0.2) is 38.1 Å². The first-order valence-corrected chi connectivity index (χ1v) is 33.2. The van der Waals surface area contributed by atoms with Crippen molar-refractivity contribution < 1.29 is 61.6 Å². The quantitative estimate of drug-likeness (QED) is 0.0116. The highest BCUT2D eigenvalue weighted by Crippen LogP contribution is 2.46. The minimum absolute atomic E-state index is 0.00609. The van der Waals surface area contributed by atoms with E-state index in [4.69, 9.17) is 28.0 Å². The summed E-state index contributed by atoms with van der Waals surface area (Å²) in [5.74, 6) is -1.79. The van der Waals surface area contributed by atoms with Gasteiger partial charge in [0.25, 0.3) is 26.2 Å². The topological polar surface area (TPSA) is 251 Å². The Balaban J connectivity index is 0.919. The number of nitrogens with zero attached hydrogens (tertiary/aromatic N) is 11. The summed E-state index contributed by atoms with van der Waals surface area (Å²) in [5.41, 5.74) is 6.01. The summed E-state index contributed by atoms with van der Waals surface area (Å²) in [6.45, 7) is 17.2. The monoisotopic (exact) mass is 1300 g/mol. The van der Waals surface area contributed by atoms with Crippen molar-refractivity contribution in [3.8, 4) is 0 Å². The predicted octanol–water partition coefficient (Wildman–Crippen LogP) is 13.7. The third kappa shape index (κ3) is 15.2. The largest absolute Gasteiger partial charge is 0.466 e. The molecule has 9 rings (SSSR count). The molecule has 0 spiro atoms.